The fourth-order valence-electron chi connectivity index (χ4n) is 0.305. The van der Waals surface area contributed by atoms with Crippen LogP contribution in [-0.2, 0) is 0 Å². The van der Waals surface area contributed by atoms with Gasteiger partial charge in [-0.15, -0.1) is 6.42 Å². The molecule has 0 aromatic heterocycles. The second-order valence-electron chi connectivity index (χ2n) is 1.28. The van der Waals surface area contributed by atoms with Crippen LogP contribution in [0.4, 0.5) is 0 Å². The molecule has 0 amide bonds. The second-order valence-corrected chi connectivity index (χ2v) is 1.28. The maximum absolute atomic E-state index is 4.98. The van der Waals surface area contributed by atoms with Crippen LogP contribution in [0.2, 0.25) is 0 Å². The van der Waals surface area contributed by atoms with Gasteiger partial charge >= 0.3 is 0 Å². The van der Waals surface area contributed by atoms with E-state index in [2.05, 4.69) is 18.2 Å². The molecule has 39 valence electrons. The van der Waals surface area contributed by atoms with Gasteiger partial charge in [0, 0.05) is 0 Å². The van der Waals surface area contributed by atoms with Crippen LogP contribution in [0.15, 0.2) is 0 Å². The van der Waals surface area contributed by atoms with Crippen molar-refractivity contribution in [2.45, 2.75) is 13.0 Å². The fourth-order valence-corrected chi connectivity index (χ4v) is 0.305. The third kappa shape index (κ3) is 3.35. The van der Waals surface area contributed by atoms with Crippen LogP contribution in [0.3, 0.4) is 0 Å². The maximum Gasteiger partial charge on any atom is 0.0687 e. The van der Waals surface area contributed by atoms with Crippen molar-refractivity contribution in [3.8, 4) is 12.3 Å². The summed E-state index contributed by atoms with van der Waals surface area (Å²) >= 11 is 0. The van der Waals surface area contributed by atoms with Crippen molar-refractivity contribution in [3.05, 3.63) is 6.92 Å². The van der Waals surface area contributed by atoms with Crippen LogP contribution in [0, 0.1) is 19.3 Å². The molecule has 0 fully saturated rings. The minimum Gasteiger partial charge on any atom is -0.304 e. The minimum absolute atomic E-state index is 0.0231. The first-order chi connectivity index (χ1) is 3.31. The largest absolute Gasteiger partial charge is 0.304 e. The van der Waals surface area contributed by atoms with Gasteiger partial charge in [0.1, 0.15) is 0 Å². The molecule has 0 bridgehead atoms. The second kappa shape index (κ2) is 3.70. The van der Waals surface area contributed by atoms with Gasteiger partial charge in [-0.2, -0.15) is 0 Å². The van der Waals surface area contributed by atoms with Gasteiger partial charge in [-0.1, -0.05) is 12.8 Å². The summed E-state index contributed by atoms with van der Waals surface area (Å²) in [4.78, 5) is 0. The van der Waals surface area contributed by atoms with Gasteiger partial charge in [-0.3, -0.25) is 0 Å². The van der Waals surface area contributed by atoms with Gasteiger partial charge in [-0.25, -0.2) is 0 Å². The Labute approximate surface area is 45.1 Å². The molecule has 7 heavy (non-hydrogen) atoms. The standard InChI is InChI=1S/C6H10N/c1-4-6(3)7-5-2/h1,6-7H,3,5H2,2H3. The van der Waals surface area contributed by atoms with Crippen LogP contribution in [0.5, 0.6) is 0 Å². The van der Waals surface area contributed by atoms with E-state index < -0.39 is 0 Å². The molecule has 0 aliphatic rings. The number of nitrogens with one attached hydrogen (secondary N) is 1. The van der Waals surface area contributed by atoms with Crippen molar-refractivity contribution in [3.63, 3.8) is 0 Å². The zero-order chi connectivity index (χ0) is 5.70. The number of hydrogen-bond acceptors (Lipinski definition) is 1. The van der Waals surface area contributed by atoms with E-state index in [1.54, 1.807) is 0 Å². The lowest BCUT2D eigenvalue weighted by Gasteiger charge is -2.00. The molecule has 0 aliphatic heterocycles. The van der Waals surface area contributed by atoms with Crippen LogP contribution in [-0.4, -0.2) is 12.6 Å². The van der Waals surface area contributed by atoms with Crippen LogP contribution >= 0.6 is 0 Å². The lowest BCUT2D eigenvalue weighted by Crippen LogP contribution is -2.23. The molecule has 1 unspecified atom stereocenters. The summed E-state index contributed by atoms with van der Waals surface area (Å²) in [6.45, 7) is 6.48. The van der Waals surface area contributed by atoms with Crippen LogP contribution in [0.1, 0.15) is 6.92 Å². The van der Waals surface area contributed by atoms with Crippen molar-refractivity contribution < 1.29 is 0 Å². The lowest BCUT2D eigenvalue weighted by molar-refractivity contribution is 0.720. The molecule has 1 heteroatoms. The fraction of sp³-hybridized carbons (Fsp3) is 0.500. The van der Waals surface area contributed by atoms with Crippen molar-refractivity contribution in [2.75, 3.05) is 6.54 Å². The van der Waals surface area contributed by atoms with Crippen molar-refractivity contribution in [1.82, 2.24) is 5.32 Å². The molecular formula is C6H10N. The van der Waals surface area contributed by atoms with E-state index in [-0.39, 0.29) is 6.04 Å². The van der Waals surface area contributed by atoms with Gasteiger partial charge in [0.15, 0.2) is 0 Å². The molecule has 0 aromatic rings. The van der Waals surface area contributed by atoms with E-state index in [4.69, 9.17) is 6.42 Å². The highest BCUT2D eigenvalue weighted by Gasteiger charge is 1.87. The Balaban J connectivity index is 3.04. The van der Waals surface area contributed by atoms with E-state index in [0.29, 0.717) is 0 Å². The van der Waals surface area contributed by atoms with E-state index in [9.17, 15) is 0 Å². The monoisotopic (exact) mass is 96.1 g/mol. The smallest absolute Gasteiger partial charge is 0.0687 e. The molecule has 1 nitrogen and oxygen atoms in total. The zero-order valence-corrected chi connectivity index (χ0v) is 4.57. The van der Waals surface area contributed by atoms with Crippen LogP contribution in [0.25, 0.3) is 0 Å². The predicted octanol–water partition coefficient (Wildman–Crippen LogP) is 0.432. The van der Waals surface area contributed by atoms with E-state index >= 15 is 0 Å². The molecular weight excluding hydrogens is 86.1 g/mol. The van der Waals surface area contributed by atoms with E-state index in [0.717, 1.165) is 6.54 Å². The van der Waals surface area contributed by atoms with Gasteiger partial charge in [0.2, 0.25) is 0 Å². The summed E-state index contributed by atoms with van der Waals surface area (Å²) in [6, 6.07) is -0.0231. The highest BCUT2D eigenvalue weighted by atomic mass is 14.9. The summed E-state index contributed by atoms with van der Waals surface area (Å²) in [5, 5.41) is 2.95. The molecule has 0 saturated carbocycles. The molecule has 0 aromatic carbocycles. The quantitative estimate of drug-likeness (QED) is 0.492. The number of hydrogen-bond donors (Lipinski definition) is 1. The molecule has 0 heterocycles. The molecule has 1 atom stereocenters. The average molecular weight is 96.2 g/mol. The molecule has 1 radical (unpaired) electrons. The Kier molecular flexibility index (Phi) is 3.45. The average Bonchev–Trinajstić information content (AvgIpc) is 1.68. The molecule has 0 spiro atoms. The molecule has 0 saturated heterocycles. The Hall–Kier alpha value is -0.480. The van der Waals surface area contributed by atoms with Crippen LogP contribution < -0.4 is 5.32 Å². The Morgan fingerprint density at radius 2 is 2.57 bits per heavy atom. The minimum atomic E-state index is -0.0231. The third-order valence-corrected chi connectivity index (χ3v) is 0.652. The van der Waals surface area contributed by atoms with Gasteiger partial charge in [-0.05, 0) is 13.5 Å². The topological polar surface area (TPSA) is 12.0 Å². The highest BCUT2D eigenvalue weighted by Crippen LogP contribution is 1.70. The Bertz CT molecular complexity index is 70.7. The van der Waals surface area contributed by atoms with Crippen molar-refractivity contribution in [2.24, 2.45) is 0 Å². The molecule has 0 aliphatic carbocycles. The summed E-state index contributed by atoms with van der Waals surface area (Å²) in [7, 11) is 0. The summed E-state index contributed by atoms with van der Waals surface area (Å²) in [5.41, 5.74) is 0. The zero-order valence-electron chi connectivity index (χ0n) is 4.57. The number of terminal acetylenes is 1. The first-order valence-corrected chi connectivity index (χ1v) is 2.33. The number of rotatable bonds is 2. The Morgan fingerprint density at radius 3 is 2.71 bits per heavy atom. The van der Waals surface area contributed by atoms with Gasteiger partial charge in [0.25, 0.3) is 0 Å². The predicted molar refractivity (Wildman–Crippen MR) is 31.7 cm³/mol. The Morgan fingerprint density at radius 1 is 2.00 bits per heavy atom. The first kappa shape index (κ1) is 6.52. The molecule has 0 rings (SSSR count). The maximum atomic E-state index is 4.98. The van der Waals surface area contributed by atoms with Crippen molar-refractivity contribution >= 4 is 0 Å². The lowest BCUT2D eigenvalue weighted by atomic mass is 10.4. The summed E-state index contributed by atoms with van der Waals surface area (Å²) in [5.74, 6) is 2.44. The SMILES string of the molecule is C#CC([CH2])NCC. The summed E-state index contributed by atoms with van der Waals surface area (Å²) in [6.07, 6.45) is 4.98. The van der Waals surface area contributed by atoms with Crippen molar-refractivity contribution in [1.29, 1.82) is 0 Å². The van der Waals surface area contributed by atoms with Gasteiger partial charge < -0.3 is 5.32 Å². The van der Waals surface area contributed by atoms with E-state index in [1.807, 2.05) is 6.92 Å². The van der Waals surface area contributed by atoms with Gasteiger partial charge in [0.05, 0.1) is 6.04 Å². The first-order valence-electron chi connectivity index (χ1n) is 2.33. The van der Waals surface area contributed by atoms with E-state index in [1.165, 1.54) is 0 Å². The normalized spacial score (nSPS) is 12.7. The molecule has 1 N–H and O–H groups in total. The summed E-state index contributed by atoms with van der Waals surface area (Å²) < 4.78 is 0. The third-order valence-electron chi connectivity index (χ3n) is 0.652. The highest BCUT2D eigenvalue weighted by molar-refractivity contribution is 4.99.